The Morgan fingerprint density at radius 3 is 2.81 bits per heavy atom. The highest BCUT2D eigenvalue weighted by Crippen LogP contribution is 2.33. The minimum atomic E-state index is -0.631. The molecule has 0 aliphatic carbocycles. The van der Waals surface area contributed by atoms with E-state index in [9.17, 15) is 9.90 Å². The number of esters is 1. The van der Waals surface area contributed by atoms with Crippen molar-refractivity contribution in [2.45, 2.75) is 32.9 Å². The molecule has 3 aromatic rings. The Labute approximate surface area is 179 Å². The smallest absolute Gasteiger partial charge is 0.326 e. The van der Waals surface area contributed by atoms with Gasteiger partial charge in [0.15, 0.2) is 0 Å². The molecule has 3 heterocycles. The zero-order valence-corrected chi connectivity index (χ0v) is 17.5. The predicted octanol–water partition coefficient (Wildman–Crippen LogP) is 4.08. The molecule has 1 aromatic carbocycles. The quantitative estimate of drug-likeness (QED) is 0.609. The molecule has 0 atom stereocenters. The van der Waals surface area contributed by atoms with E-state index in [1.165, 1.54) is 4.57 Å². The number of aliphatic imine (C=N–C) groups is 1. The van der Waals surface area contributed by atoms with E-state index in [0.717, 1.165) is 22.5 Å². The number of benzene rings is 1. The first-order chi connectivity index (χ1) is 14.8. The second-order valence-electron chi connectivity index (χ2n) is 8.07. The lowest BCUT2D eigenvalue weighted by Gasteiger charge is -2.20. The van der Waals surface area contributed by atoms with Gasteiger partial charge in [0, 0.05) is 17.4 Å². The van der Waals surface area contributed by atoms with Crippen LogP contribution in [-0.4, -0.2) is 42.4 Å². The molecule has 0 amide bonds. The monoisotopic (exact) mass is 417 g/mol. The van der Waals surface area contributed by atoms with Crippen molar-refractivity contribution in [3.63, 3.8) is 0 Å². The van der Waals surface area contributed by atoms with E-state index >= 15 is 0 Å². The van der Waals surface area contributed by atoms with Crippen LogP contribution < -0.4 is 0 Å². The van der Waals surface area contributed by atoms with Crippen LogP contribution in [0.25, 0.3) is 23.8 Å². The third-order valence-electron chi connectivity index (χ3n) is 4.48. The highest BCUT2D eigenvalue weighted by atomic mass is 16.6. The maximum atomic E-state index is 12.4. The molecule has 1 aliphatic rings. The van der Waals surface area contributed by atoms with E-state index in [1.54, 1.807) is 57.7 Å². The molecule has 0 unspecified atom stereocenters. The number of aromatic amines is 1. The molecule has 0 bridgehead atoms. The zero-order chi connectivity index (χ0) is 22.0. The maximum absolute atomic E-state index is 12.4. The predicted molar refractivity (Wildman–Crippen MR) is 120 cm³/mol. The zero-order valence-electron chi connectivity index (χ0n) is 17.5. The number of hydrogen-bond acceptors (Lipinski definition) is 6. The van der Waals surface area contributed by atoms with Crippen molar-refractivity contribution >= 4 is 41.7 Å². The molecule has 0 fully saturated rings. The number of fused-ring (bicyclic) bond motifs is 1. The first-order valence-electron chi connectivity index (χ1n) is 9.83. The van der Waals surface area contributed by atoms with Crippen LogP contribution in [0.5, 0.6) is 5.88 Å². The highest BCUT2D eigenvalue weighted by Gasteiger charge is 2.22. The average Bonchev–Trinajstić information content (AvgIpc) is 3.42. The summed E-state index contributed by atoms with van der Waals surface area (Å²) in [6.07, 6.45) is 10.2. The van der Waals surface area contributed by atoms with Crippen molar-refractivity contribution in [3.05, 3.63) is 59.6 Å². The second kappa shape index (κ2) is 8.06. The van der Waals surface area contributed by atoms with Gasteiger partial charge in [0.1, 0.15) is 23.7 Å². The van der Waals surface area contributed by atoms with Crippen LogP contribution in [-0.2, 0) is 16.1 Å². The lowest BCUT2D eigenvalue weighted by Crippen LogP contribution is -2.26. The summed E-state index contributed by atoms with van der Waals surface area (Å²) in [5, 5.41) is 10.9. The van der Waals surface area contributed by atoms with Gasteiger partial charge in [-0.2, -0.15) is 0 Å². The summed E-state index contributed by atoms with van der Waals surface area (Å²) >= 11 is 0. The number of rotatable bonds is 5. The van der Waals surface area contributed by atoms with E-state index in [0.29, 0.717) is 11.5 Å². The number of aromatic hydroxyl groups is 1. The topological polar surface area (TPSA) is 105 Å². The summed E-state index contributed by atoms with van der Waals surface area (Å²) in [6, 6.07) is 7.74. The minimum absolute atomic E-state index is 0.125. The van der Waals surface area contributed by atoms with E-state index in [1.807, 2.05) is 24.3 Å². The summed E-state index contributed by atoms with van der Waals surface area (Å²) in [5.74, 6) is -0.184. The van der Waals surface area contributed by atoms with Gasteiger partial charge in [0.2, 0.25) is 5.88 Å². The van der Waals surface area contributed by atoms with E-state index in [-0.39, 0.29) is 12.4 Å². The Morgan fingerprint density at radius 1 is 1.26 bits per heavy atom. The molecule has 1 aliphatic heterocycles. The number of para-hydroxylation sites is 1. The number of hydrogen-bond donors (Lipinski definition) is 2. The van der Waals surface area contributed by atoms with Crippen molar-refractivity contribution in [1.82, 2.24) is 19.5 Å². The van der Waals surface area contributed by atoms with Crippen LogP contribution in [0, 0.1) is 0 Å². The van der Waals surface area contributed by atoms with Gasteiger partial charge in [-0.25, -0.2) is 9.97 Å². The van der Waals surface area contributed by atoms with Gasteiger partial charge in [-0.1, -0.05) is 18.2 Å². The molecule has 0 saturated carbocycles. The number of aromatic nitrogens is 4. The van der Waals surface area contributed by atoms with Crippen LogP contribution >= 0.6 is 0 Å². The summed E-state index contributed by atoms with van der Waals surface area (Å²) in [7, 11) is 0. The summed E-state index contributed by atoms with van der Waals surface area (Å²) in [5.41, 5.74) is 3.12. The molecular formula is C23H23N5O3. The summed E-state index contributed by atoms with van der Waals surface area (Å²) in [4.78, 5) is 28.3. The van der Waals surface area contributed by atoms with Crippen LogP contribution in [0.3, 0.4) is 0 Å². The minimum Gasteiger partial charge on any atom is -0.493 e. The Bertz CT molecular complexity index is 1190. The molecule has 158 valence electrons. The first kappa shape index (κ1) is 20.3. The molecule has 0 spiro atoms. The van der Waals surface area contributed by atoms with Crippen LogP contribution in [0.2, 0.25) is 0 Å². The third kappa shape index (κ3) is 4.63. The number of carbonyl (C=O) groups excluding carboxylic acids is 1. The molecule has 8 nitrogen and oxygen atoms in total. The van der Waals surface area contributed by atoms with Gasteiger partial charge < -0.3 is 14.8 Å². The molecular weight excluding hydrogens is 394 g/mol. The fraction of sp³-hybridized carbons (Fsp3) is 0.217. The Hall–Kier alpha value is -3.94. The van der Waals surface area contributed by atoms with Gasteiger partial charge in [0.25, 0.3) is 0 Å². The van der Waals surface area contributed by atoms with Gasteiger partial charge in [-0.15, -0.1) is 0 Å². The SMILES string of the molecule is CC(C)(C)OC(=O)Cn1c(/C=C/c2cnc[nH]2)nc(/C=C2/C=Nc3ccccc32)c1O. The first-order valence-corrected chi connectivity index (χ1v) is 9.83. The largest absolute Gasteiger partial charge is 0.493 e. The maximum Gasteiger partial charge on any atom is 0.326 e. The van der Waals surface area contributed by atoms with Crippen molar-refractivity contribution in [2.75, 3.05) is 0 Å². The summed E-state index contributed by atoms with van der Waals surface area (Å²) < 4.78 is 6.84. The average molecular weight is 417 g/mol. The number of carbonyl (C=O) groups is 1. The summed E-state index contributed by atoms with van der Waals surface area (Å²) in [6.45, 7) is 5.21. The number of imidazole rings is 2. The third-order valence-corrected chi connectivity index (χ3v) is 4.48. The number of nitrogens with one attached hydrogen (secondary N) is 1. The van der Waals surface area contributed by atoms with E-state index < -0.39 is 11.6 Å². The van der Waals surface area contributed by atoms with Gasteiger partial charge in [-0.3, -0.25) is 14.4 Å². The van der Waals surface area contributed by atoms with Crippen LogP contribution in [0.4, 0.5) is 5.69 Å². The number of allylic oxidation sites excluding steroid dienone is 1. The molecule has 2 N–H and O–H groups in total. The lowest BCUT2D eigenvalue weighted by atomic mass is 10.1. The molecule has 31 heavy (non-hydrogen) atoms. The number of ether oxygens (including phenoxy) is 1. The van der Waals surface area contributed by atoms with Gasteiger partial charge in [-0.05, 0) is 45.1 Å². The fourth-order valence-corrected chi connectivity index (χ4v) is 3.19. The number of nitrogens with zero attached hydrogens (tertiary/aromatic N) is 4. The molecule has 0 saturated heterocycles. The molecule has 0 radical (unpaired) electrons. The molecule has 8 heteroatoms. The fourth-order valence-electron chi connectivity index (χ4n) is 3.19. The Balaban J connectivity index is 1.71. The standard InChI is InChI=1S/C23H23N5O3/c1-23(2,3)31-21(29)13-28-20(9-8-16-12-24-14-26-16)27-19(22(28)30)10-15-11-25-18-7-5-4-6-17(15)18/h4-12,14,30H,13H2,1-3H3,(H,24,26)/b9-8+,15-10-. The van der Waals surface area contributed by atoms with Crippen molar-refractivity contribution in [2.24, 2.45) is 4.99 Å². The second-order valence-corrected chi connectivity index (χ2v) is 8.07. The van der Waals surface area contributed by atoms with Crippen LogP contribution in [0.1, 0.15) is 43.5 Å². The number of H-pyrrole nitrogens is 1. The van der Waals surface area contributed by atoms with E-state index in [2.05, 4.69) is 19.9 Å². The highest BCUT2D eigenvalue weighted by molar-refractivity contribution is 6.21. The molecule has 4 rings (SSSR count). The Kier molecular flexibility index (Phi) is 5.29. The Morgan fingerprint density at radius 2 is 2.06 bits per heavy atom. The van der Waals surface area contributed by atoms with E-state index in [4.69, 9.17) is 4.74 Å². The van der Waals surface area contributed by atoms with Crippen molar-refractivity contribution < 1.29 is 14.6 Å². The van der Waals surface area contributed by atoms with Gasteiger partial charge in [0.05, 0.1) is 23.9 Å². The van der Waals surface area contributed by atoms with Crippen molar-refractivity contribution in [1.29, 1.82) is 0 Å². The van der Waals surface area contributed by atoms with Gasteiger partial charge >= 0.3 is 5.97 Å². The normalized spacial score (nSPS) is 14.5. The lowest BCUT2D eigenvalue weighted by molar-refractivity contribution is -0.155. The van der Waals surface area contributed by atoms with Crippen LogP contribution in [0.15, 0.2) is 41.8 Å². The molecule has 2 aromatic heterocycles. The van der Waals surface area contributed by atoms with Crippen molar-refractivity contribution in [3.8, 4) is 5.88 Å².